The number of ether oxygens (including phenoxy) is 1. The van der Waals surface area contributed by atoms with Crippen LogP contribution >= 0.6 is 11.6 Å². The van der Waals surface area contributed by atoms with Crippen molar-refractivity contribution in [1.82, 2.24) is 15.3 Å². The number of aromatic amines is 1. The second-order valence-corrected chi connectivity index (χ2v) is 8.46. The molecule has 6 heteroatoms. The number of piperazine rings is 1. The lowest BCUT2D eigenvalue weighted by Crippen LogP contribution is -2.43. The van der Waals surface area contributed by atoms with Crippen molar-refractivity contribution >= 4 is 28.3 Å². The zero-order valence-corrected chi connectivity index (χ0v) is 17.1. The van der Waals surface area contributed by atoms with E-state index in [0.717, 1.165) is 73.0 Å². The lowest BCUT2D eigenvalue weighted by atomic mass is 9.91. The van der Waals surface area contributed by atoms with Crippen LogP contribution in [0.25, 0.3) is 11.0 Å². The normalized spacial score (nSPS) is 17.0. The molecule has 0 amide bonds. The Morgan fingerprint density at radius 2 is 2.04 bits per heavy atom. The fourth-order valence-electron chi connectivity index (χ4n) is 3.75. The van der Waals surface area contributed by atoms with Crippen LogP contribution in [0.4, 0.5) is 5.69 Å². The molecule has 1 saturated heterocycles. The molecule has 144 valence electrons. The first-order valence-electron chi connectivity index (χ1n) is 9.57. The Morgan fingerprint density at radius 3 is 2.73 bits per heavy atom. The molecule has 1 atom stereocenters. The quantitative estimate of drug-likeness (QED) is 0.764. The summed E-state index contributed by atoms with van der Waals surface area (Å²) in [5.41, 5.74) is 3.05. The number of fused-ring (bicyclic) bond motifs is 1. The maximum atomic E-state index is 6.54. The summed E-state index contributed by atoms with van der Waals surface area (Å²) in [5, 5.41) is 4.17. The standard InChI is InChI=1S/C20H31ClN4O/c1-14(13-20(2,3)26-4)5-6-19-23-16-11-15(21)18(12-17(16)24-19)25-9-7-22-8-10-25/h11-12,14,22H,5-10,13H2,1-4H3,(H,23,24). The predicted octanol–water partition coefficient (Wildman–Crippen LogP) is 4.01. The number of anilines is 1. The molecule has 0 spiro atoms. The second-order valence-electron chi connectivity index (χ2n) is 8.05. The molecule has 1 aliphatic heterocycles. The Morgan fingerprint density at radius 1 is 1.31 bits per heavy atom. The number of imidazole rings is 1. The molecule has 5 nitrogen and oxygen atoms in total. The number of nitrogens with zero attached hydrogens (tertiary/aromatic N) is 2. The molecule has 1 aliphatic rings. The molecule has 0 radical (unpaired) electrons. The van der Waals surface area contributed by atoms with E-state index in [1.165, 1.54) is 0 Å². The van der Waals surface area contributed by atoms with Crippen molar-refractivity contribution in [3.05, 3.63) is 23.0 Å². The first-order chi connectivity index (χ1) is 12.4. The smallest absolute Gasteiger partial charge is 0.107 e. The van der Waals surface area contributed by atoms with E-state index < -0.39 is 0 Å². The molecule has 2 aromatic rings. The summed E-state index contributed by atoms with van der Waals surface area (Å²) in [5.74, 6) is 1.62. The summed E-state index contributed by atoms with van der Waals surface area (Å²) in [6, 6.07) is 4.14. The fourth-order valence-corrected chi connectivity index (χ4v) is 4.03. The highest BCUT2D eigenvalue weighted by Gasteiger charge is 2.20. The SMILES string of the molecule is COC(C)(C)CC(C)CCc1nc2cc(N3CCNCC3)c(Cl)cc2[nH]1. The van der Waals surface area contributed by atoms with E-state index in [0.29, 0.717) is 5.92 Å². The highest BCUT2D eigenvalue weighted by atomic mass is 35.5. The van der Waals surface area contributed by atoms with E-state index >= 15 is 0 Å². The van der Waals surface area contributed by atoms with Gasteiger partial charge >= 0.3 is 0 Å². The van der Waals surface area contributed by atoms with Crippen molar-refractivity contribution in [3.8, 4) is 0 Å². The minimum absolute atomic E-state index is 0.0704. The van der Waals surface area contributed by atoms with Crippen molar-refractivity contribution in [1.29, 1.82) is 0 Å². The fraction of sp³-hybridized carbons (Fsp3) is 0.650. The van der Waals surface area contributed by atoms with Crippen LogP contribution in [0.1, 0.15) is 39.4 Å². The van der Waals surface area contributed by atoms with Crippen molar-refractivity contribution in [2.24, 2.45) is 5.92 Å². The van der Waals surface area contributed by atoms with E-state index in [4.69, 9.17) is 21.3 Å². The average molecular weight is 379 g/mol. The molecule has 1 aromatic carbocycles. The largest absolute Gasteiger partial charge is 0.379 e. The Labute approximate surface area is 161 Å². The van der Waals surface area contributed by atoms with Gasteiger partial charge in [-0.2, -0.15) is 0 Å². The summed E-state index contributed by atoms with van der Waals surface area (Å²) in [6.07, 6.45) is 3.07. The summed E-state index contributed by atoms with van der Waals surface area (Å²) < 4.78 is 5.55. The third-order valence-corrected chi connectivity index (χ3v) is 5.63. The minimum Gasteiger partial charge on any atom is -0.379 e. The Balaban J connectivity index is 1.69. The number of nitrogens with one attached hydrogen (secondary N) is 2. The number of benzene rings is 1. The van der Waals surface area contributed by atoms with Gasteiger partial charge in [0.2, 0.25) is 0 Å². The topological polar surface area (TPSA) is 53.2 Å². The molecule has 0 saturated carbocycles. The van der Waals surface area contributed by atoms with Crippen LogP contribution in [0, 0.1) is 5.92 Å². The number of H-pyrrole nitrogens is 1. The van der Waals surface area contributed by atoms with E-state index in [1.54, 1.807) is 7.11 Å². The Kier molecular flexibility index (Phi) is 6.10. The van der Waals surface area contributed by atoms with Crippen LogP contribution in [0.5, 0.6) is 0 Å². The predicted molar refractivity (Wildman–Crippen MR) is 109 cm³/mol. The van der Waals surface area contributed by atoms with Crippen LogP contribution in [-0.2, 0) is 11.2 Å². The molecule has 3 rings (SSSR count). The van der Waals surface area contributed by atoms with Gasteiger partial charge in [-0.3, -0.25) is 0 Å². The number of rotatable bonds is 7. The van der Waals surface area contributed by atoms with E-state index in [2.05, 4.69) is 42.0 Å². The van der Waals surface area contributed by atoms with Gasteiger partial charge in [0.15, 0.2) is 0 Å². The van der Waals surface area contributed by atoms with Crippen LogP contribution in [-0.4, -0.2) is 48.9 Å². The molecule has 2 N–H and O–H groups in total. The lowest BCUT2D eigenvalue weighted by molar-refractivity contribution is 0.00302. The first kappa shape index (κ1) is 19.5. The first-order valence-corrected chi connectivity index (χ1v) is 9.95. The minimum atomic E-state index is -0.0704. The van der Waals surface area contributed by atoms with Crippen molar-refractivity contribution in [2.45, 2.75) is 45.6 Å². The van der Waals surface area contributed by atoms with Gasteiger partial charge in [0.1, 0.15) is 5.82 Å². The second kappa shape index (κ2) is 8.15. The molecular formula is C20H31ClN4O. The van der Waals surface area contributed by atoms with E-state index in [1.807, 2.05) is 6.07 Å². The number of hydrogen-bond donors (Lipinski definition) is 2. The molecule has 1 aromatic heterocycles. The summed E-state index contributed by atoms with van der Waals surface area (Å²) >= 11 is 6.54. The van der Waals surface area contributed by atoms with E-state index in [9.17, 15) is 0 Å². The van der Waals surface area contributed by atoms with Crippen molar-refractivity contribution in [3.63, 3.8) is 0 Å². The van der Waals surface area contributed by atoms with E-state index in [-0.39, 0.29) is 5.60 Å². The Bertz CT molecular complexity index is 737. The summed E-state index contributed by atoms with van der Waals surface area (Å²) in [4.78, 5) is 10.6. The zero-order chi connectivity index (χ0) is 18.7. The molecular weight excluding hydrogens is 348 g/mol. The van der Waals surface area contributed by atoms with Gasteiger partial charge < -0.3 is 19.9 Å². The maximum Gasteiger partial charge on any atom is 0.107 e. The Hall–Kier alpha value is -1.30. The molecule has 2 heterocycles. The molecule has 1 fully saturated rings. The number of aromatic nitrogens is 2. The lowest BCUT2D eigenvalue weighted by Gasteiger charge is -2.30. The van der Waals surface area contributed by atoms with Crippen molar-refractivity contribution < 1.29 is 4.74 Å². The maximum absolute atomic E-state index is 6.54. The van der Waals surface area contributed by atoms with Crippen LogP contribution < -0.4 is 10.2 Å². The van der Waals surface area contributed by atoms with Crippen LogP contribution in [0.3, 0.4) is 0 Å². The van der Waals surface area contributed by atoms with Gasteiger partial charge in [-0.1, -0.05) is 18.5 Å². The van der Waals surface area contributed by atoms with Gasteiger partial charge in [0.05, 0.1) is 27.3 Å². The van der Waals surface area contributed by atoms with Gasteiger partial charge in [-0.15, -0.1) is 0 Å². The molecule has 0 aliphatic carbocycles. The van der Waals surface area contributed by atoms with Gasteiger partial charge in [-0.25, -0.2) is 4.98 Å². The van der Waals surface area contributed by atoms with Gasteiger partial charge in [0.25, 0.3) is 0 Å². The van der Waals surface area contributed by atoms with Crippen LogP contribution in [0.2, 0.25) is 5.02 Å². The number of aryl methyl sites for hydroxylation is 1. The van der Waals surface area contributed by atoms with Gasteiger partial charge in [-0.05, 0) is 44.7 Å². The molecule has 0 bridgehead atoms. The average Bonchev–Trinajstić information content (AvgIpc) is 3.01. The number of halogens is 1. The zero-order valence-electron chi connectivity index (χ0n) is 16.4. The van der Waals surface area contributed by atoms with Crippen LogP contribution in [0.15, 0.2) is 12.1 Å². The van der Waals surface area contributed by atoms with Gasteiger partial charge in [0, 0.05) is 39.7 Å². The number of methoxy groups -OCH3 is 1. The molecule has 1 unspecified atom stereocenters. The highest BCUT2D eigenvalue weighted by molar-refractivity contribution is 6.34. The third-order valence-electron chi connectivity index (χ3n) is 5.32. The molecule has 26 heavy (non-hydrogen) atoms. The summed E-state index contributed by atoms with van der Waals surface area (Å²) in [6.45, 7) is 10.5. The van der Waals surface area contributed by atoms with Crippen molar-refractivity contribution in [2.75, 3.05) is 38.2 Å². The monoisotopic (exact) mass is 378 g/mol. The highest BCUT2D eigenvalue weighted by Crippen LogP contribution is 2.31. The summed E-state index contributed by atoms with van der Waals surface area (Å²) in [7, 11) is 1.78. The third kappa shape index (κ3) is 4.70. The number of hydrogen-bond acceptors (Lipinski definition) is 4.